The minimum absolute atomic E-state index is 0.0841. The van der Waals surface area contributed by atoms with E-state index < -0.39 is 29.8 Å². The molecule has 0 spiro atoms. The van der Waals surface area contributed by atoms with Crippen LogP contribution in [0, 0.1) is 5.92 Å². The Balaban J connectivity index is 1.65. The van der Waals surface area contributed by atoms with Crippen molar-refractivity contribution in [1.29, 1.82) is 0 Å². The van der Waals surface area contributed by atoms with Gasteiger partial charge in [-0.2, -0.15) is 0 Å². The lowest BCUT2D eigenvalue weighted by Gasteiger charge is -2.44. The molecule has 1 aromatic heterocycles. The molecule has 0 aliphatic carbocycles. The van der Waals surface area contributed by atoms with Crippen molar-refractivity contribution >= 4 is 29.0 Å². The van der Waals surface area contributed by atoms with Gasteiger partial charge in [0, 0.05) is 6.20 Å². The Morgan fingerprint density at radius 2 is 2.06 bits per heavy atom. The van der Waals surface area contributed by atoms with E-state index in [-0.39, 0.29) is 17.4 Å². The Morgan fingerprint density at radius 3 is 2.68 bits per heavy atom. The van der Waals surface area contributed by atoms with Crippen molar-refractivity contribution in [3.8, 4) is 5.75 Å². The van der Waals surface area contributed by atoms with Crippen LogP contribution in [0.5, 0.6) is 5.75 Å². The molecule has 1 aromatic carbocycles. The van der Waals surface area contributed by atoms with Crippen LogP contribution < -0.4 is 10.1 Å². The number of aliphatic carboxylic acids is 1. The number of β-lactam (4-membered cyclic amide) rings is 1. The number of rotatable bonds is 6. The fraction of sp³-hybridized carbons (Fsp3) is 0.273. The van der Waals surface area contributed by atoms with Crippen LogP contribution in [0.15, 0.2) is 48.3 Å². The minimum atomic E-state index is -1.21. The zero-order chi connectivity index (χ0) is 22.3. The number of anilines is 1. The monoisotopic (exact) mass is 423 g/mol. The van der Waals surface area contributed by atoms with Crippen molar-refractivity contribution in [1.82, 2.24) is 9.88 Å². The number of nitrogens with zero attached hydrogens (tertiary/aromatic N) is 2. The van der Waals surface area contributed by atoms with Gasteiger partial charge in [0.2, 0.25) is 5.91 Å². The molecule has 31 heavy (non-hydrogen) atoms. The molecule has 2 aliphatic rings. The summed E-state index contributed by atoms with van der Waals surface area (Å²) in [6.07, 6.45) is 0.966. The van der Waals surface area contributed by atoms with Crippen LogP contribution in [0.25, 0.3) is 5.57 Å². The number of aliphatic hydroxyl groups is 1. The van der Waals surface area contributed by atoms with Crippen molar-refractivity contribution in [2.75, 3.05) is 12.4 Å². The second kappa shape index (κ2) is 7.84. The lowest BCUT2D eigenvalue weighted by atomic mass is 9.82. The highest BCUT2D eigenvalue weighted by molar-refractivity contribution is 6.07. The number of pyridine rings is 1. The number of carboxylic acid groups (broad SMARTS) is 1. The lowest BCUT2D eigenvalue weighted by Crippen LogP contribution is -2.61. The van der Waals surface area contributed by atoms with Gasteiger partial charge in [-0.05, 0) is 48.7 Å². The second-order valence-electron chi connectivity index (χ2n) is 7.46. The minimum Gasteiger partial charge on any atom is -0.495 e. The third-order valence-corrected chi connectivity index (χ3v) is 5.63. The average Bonchev–Trinajstić information content (AvgIpc) is 3.09. The molecule has 1 saturated heterocycles. The largest absolute Gasteiger partial charge is 0.495 e. The molecule has 2 aliphatic heterocycles. The standard InChI is InChI=1S/C22H21N3O6/c1-11(26)18-16-10-13(19(22(29)30)25(16)21(18)28)12-6-7-14(17(9-12)31-2)24-20(27)15-5-3-4-8-23-15/h3-9,11,16,18,26H,10H2,1-2H3,(H,24,27)(H,29,30)/t11-,16-,18-/m1/s1. The van der Waals surface area contributed by atoms with Gasteiger partial charge in [-0.25, -0.2) is 4.79 Å². The summed E-state index contributed by atoms with van der Waals surface area (Å²) in [5.74, 6) is -2.29. The van der Waals surface area contributed by atoms with E-state index in [0.29, 0.717) is 29.0 Å². The summed E-state index contributed by atoms with van der Waals surface area (Å²) in [7, 11) is 1.44. The van der Waals surface area contributed by atoms with Crippen LogP contribution in [-0.2, 0) is 9.59 Å². The van der Waals surface area contributed by atoms with Gasteiger partial charge in [-0.1, -0.05) is 12.1 Å². The Bertz CT molecular complexity index is 1100. The first kappa shape index (κ1) is 20.5. The zero-order valence-electron chi connectivity index (χ0n) is 16.9. The van der Waals surface area contributed by atoms with Crippen molar-refractivity contribution in [2.45, 2.75) is 25.5 Å². The van der Waals surface area contributed by atoms with Gasteiger partial charge in [-0.15, -0.1) is 0 Å². The molecule has 3 N–H and O–H groups in total. The number of aromatic nitrogens is 1. The van der Waals surface area contributed by atoms with Crippen LogP contribution >= 0.6 is 0 Å². The summed E-state index contributed by atoms with van der Waals surface area (Å²) in [5, 5.41) is 22.3. The van der Waals surface area contributed by atoms with Crippen LogP contribution in [0.2, 0.25) is 0 Å². The number of methoxy groups -OCH3 is 1. The zero-order valence-corrected chi connectivity index (χ0v) is 16.9. The van der Waals surface area contributed by atoms with E-state index in [2.05, 4.69) is 10.3 Å². The summed E-state index contributed by atoms with van der Waals surface area (Å²) in [6.45, 7) is 1.53. The number of hydrogen-bond acceptors (Lipinski definition) is 6. The van der Waals surface area contributed by atoms with E-state index in [0.717, 1.165) is 0 Å². The molecule has 2 aromatic rings. The highest BCUT2D eigenvalue weighted by atomic mass is 16.5. The molecule has 4 rings (SSSR count). The van der Waals surface area contributed by atoms with Gasteiger partial charge < -0.3 is 25.2 Å². The van der Waals surface area contributed by atoms with E-state index in [9.17, 15) is 24.6 Å². The SMILES string of the molecule is COc1cc(C2=C(C(=O)O)N3C(=O)[C@H]([C@@H](C)O)[C@H]3C2)ccc1NC(=O)c1ccccn1. The highest BCUT2D eigenvalue weighted by Gasteiger charge is 2.56. The maximum atomic E-state index is 12.4. The summed E-state index contributed by atoms with van der Waals surface area (Å²) in [6, 6.07) is 9.51. The average molecular weight is 423 g/mol. The van der Waals surface area contributed by atoms with E-state index in [1.54, 1.807) is 36.4 Å². The molecule has 3 heterocycles. The van der Waals surface area contributed by atoms with Gasteiger partial charge in [0.05, 0.1) is 30.9 Å². The number of nitrogens with one attached hydrogen (secondary N) is 1. The number of carbonyl (C=O) groups excluding carboxylic acids is 2. The number of fused-ring (bicyclic) bond motifs is 1. The number of ether oxygens (including phenoxy) is 1. The van der Waals surface area contributed by atoms with Crippen molar-refractivity contribution in [3.63, 3.8) is 0 Å². The van der Waals surface area contributed by atoms with Crippen LogP contribution in [-0.4, -0.2) is 57.1 Å². The second-order valence-corrected chi connectivity index (χ2v) is 7.46. The van der Waals surface area contributed by atoms with Crippen molar-refractivity contribution < 1.29 is 29.3 Å². The van der Waals surface area contributed by atoms with E-state index in [4.69, 9.17) is 4.74 Å². The highest BCUT2D eigenvalue weighted by Crippen LogP contribution is 2.47. The van der Waals surface area contributed by atoms with Gasteiger partial charge in [0.1, 0.15) is 17.1 Å². The molecule has 1 fully saturated rings. The van der Waals surface area contributed by atoms with E-state index in [1.165, 1.54) is 25.1 Å². The molecular weight excluding hydrogens is 402 g/mol. The van der Waals surface area contributed by atoms with Crippen molar-refractivity contribution in [3.05, 3.63) is 59.5 Å². The number of benzene rings is 1. The first-order valence-electron chi connectivity index (χ1n) is 9.71. The van der Waals surface area contributed by atoms with Gasteiger partial charge in [-0.3, -0.25) is 14.6 Å². The Hall–Kier alpha value is -3.72. The number of carboxylic acids is 1. The van der Waals surface area contributed by atoms with Crippen LogP contribution in [0.4, 0.5) is 5.69 Å². The maximum Gasteiger partial charge on any atom is 0.352 e. The number of carbonyl (C=O) groups is 3. The molecule has 3 atom stereocenters. The topological polar surface area (TPSA) is 129 Å². The molecule has 0 bridgehead atoms. The van der Waals surface area contributed by atoms with Crippen molar-refractivity contribution in [2.24, 2.45) is 5.92 Å². The fourth-order valence-corrected chi connectivity index (χ4v) is 4.19. The molecule has 9 nitrogen and oxygen atoms in total. The third-order valence-electron chi connectivity index (χ3n) is 5.63. The predicted octanol–water partition coefficient (Wildman–Crippen LogP) is 1.75. The van der Waals surface area contributed by atoms with E-state index >= 15 is 0 Å². The summed E-state index contributed by atoms with van der Waals surface area (Å²) < 4.78 is 5.40. The molecule has 0 radical (unpaired) electrons. The number of hydrogen-bond donors (Lipinski definition) is 3. The number of amides is 2. The van der Waals surface area contributed by atoms with E-state index in [1.807, 2.05) is 0 Å². The Morgan fingerprint density at radius 1 is 1.29 bits per heavy atom. The van der Waals surface area contributed by atoms with Gasteiger partial charge >= 0.3 is 5.97 Å². The molecule has 0 saturated carbocycles. The summed E-state index contributed by atoms with van der Waals surface area (Å²) in [5.41, 5.74) is 1.61. The van der Waals surface area contributed by atoms with Gasteiger partial charge in [0.15, 0.2) is 0 Å². The summed E-state index contributed by atoms with van der Waals surface area (Å²) in [4.78, 5) is 42.0. The first-order valence-corrected chi connectivity index (χ1v) is 9.71. The fourth-order valence-electron chi connectivity index (χ4n) is 4.19. The molecule has 0 unspecified atom stereocenters. The maximum absolute atomic E-state index is 12.4. The molecule has 160 valence electrons. The Kier molecular flexibility index (Phi) is 5.20. The van der Waals surface area contributed by atoms with Crippen LogP contribution in [0.3, 0.4) is 0 Å². The normalized spacial score (nSPS) is 20.7. The molecular formula is C22H21N3O6. The lowest BCUT2D eigenvalue weighted by molar-refractivity contribution is -0.161. The van der Waals surface area contributed by atoms with Gasteiger partial charge in [0.25, 0.3) is 5.91 Å². The molecule has 2 amide bonds. The third kappa shape index (κ3) is 3.42. The van der Waals surface area contributed by atoms with Crippen LogP contribution in [0.1, 0.15) is 29.4 Å². The summed E-state index contributed by atoms with van der Waals surface area (Å²) >= 11 is 0. The smallest absolute Gasteiger partial charge is 0.352 e. The molecule has 9 heteroatoms. The predicted molar refractivity (Wildman–Crippen MR) is 110 cm³/mol. The first-order chi connectivity index (χ1) is 14.8. The Labute approximate surface area is 178 Å². The quantitative estimate of drug-likeness (QED) is 0.604. The number of aliphatic hydroxyl groups excluding tert-OH is 1.